The number of nitrogens with zero attached hydrogens (tertiary/aromatic N) is 2. The van der Waals surface area contributed by atoms with Crippen molar-refractivity contribution in [2.24, 2.45) is 0 Å². The Morgan fingerprint density at radius 1 is 1.33 bits per heavy atom. The van der Waals surface area contributed by atoms with Crippen LogP contribution >= 0.6 is 0 Å². The van der Waals surface area contributed by atoms with Crippen LogP contribution in [-0.2, 0) is 6.42 Å². The highest BCUT2D eigenvalue weighted by Crippen LogP contribution is 2.25. The van der Waals surface area contributed by atoms with Gasteiger partial charge < -0.3 is 10.1 Å². The molecule has 0 unspecified atom stereocenters. The summed E-state index contributed by atoms with van der Waals surface area (Å²) in [5, 5.41) is 10.5. The molecule has 0 saturated heterocycles. The molecule has 0 aliphatic carbocycles. The minimum Gasteiger partial charge on any atom is -0.491 e. The number of ether oxygens (including phenoxy) is 1. The van der Waals surface area contributed by atoms with Gasteiger partial charge >= 0.3 is 0 Å². The zero-order valence-corrected chi connectivity index (χ0v) is 11.5. The average Bonchev–Trinajstić information content (AvgIpc) is 2.47. The monoisotopic (exact) mass is 287 g/mol. The summed E-state index contributed by atoms with van der Waals surface area (Å²) in [5.41, 5.74) is 1.75. The number of rotatable bonds is 2. The van der Waals surface area contributed by atoms with Gasteiger partial charge in [0.1, 0.15) is 18.2 Å². The van der Waals surface area contributed by atoms with Crippen molar-refractivity contribution in [2.45, 2.75) is 19.4 Å². The first-order valence-electron chi connectivity index (χ1n) is 6.64. The van der Waals surface area contributed by atoms with E-state index in [0.29, 0.717) is 18.8 Å². The largest absolute Gasteiger partial charge is 0.491 e. The predicted molar refractivity (Wildman–Crippen MR) is 73.6 cm³/mol. The standard InChI is InChI=1S/C15H14FN3O2/c1-9-2-4-13(19-18-9)15(20)17-12-7-10-6-11(16)3-5-14(10)21-8-12/h2-6,12H,7-8H2,1H3,(H,17,20)/t12-/m0/s1. The number of fused-ring (bicyclic) bond motifs is 1. The number of aromatic nitrogens is 2. The predicted octanol–water partition coefficient (Wildman–Crippen LogP) is 1.66. The van der Waals surface area contributed by atoms with Crippen molar-refractivity contribution in [3.8, 4) is 5.75 Å². The van der Waals surface area contributed by atoms with Crippen LogP contribution in [0.1, 0.15) is 21.7 Å². The molecule has 1 aliphatic heterocycles. The molecule has 0 saturated carbocycles. The van der Waals surface area contributed by atoms with Crippen LogP contribution in [0.15, 0.2) is 30.3 Å². The number of nitrogens with one attached hydrogen (secondary N) is 1. The molecule has 0 fully saturated rings. The Hall–Kier alpha value is -2.50. The minimum atomic E-state index is -0.311. The second kappa shape index (κ2) is 5.47. The van der Waals surface area contributed by atoms with Crippen LogP contribution in [-0.4, -0.2) is 28.8 Å². The number of hydrogen-bond acceptors (Lipinski definition) is 4. The van der Waals surface area contributed by atoms with Gasteiger partial charge in [0.2, 0.25) is 0 Å². The van der Waals surface area contributed by atoms with E-state index in [9.17, 15) is 9.18 Å². The number of carbonyl (C=O) groups is 1. The molecule has 3 rings (SSSR count). The molecule has 0 spiro atoms. The molecule has 5 nitrogen and oxygen atoms in total. The Morgan fingerprint density at radius 2 is 2.19 bits per heavy atom. The zero-order valence-electron chi connectivity index (χ0n) is 11.5. The number of benzene rings is 1. The van der Waals surface area contributed by atoms with Crippen molar-refractivity contribution in [1.82, 2.24) is 15.5 Å². The van der Waals surface area contributed by atoms with E-state index < -0.39 is 0 Å². The van der Waals surface area contributed by atoms with Crippen LogP contribution in [0.5, 0.6) is 5.75 Å². The second-order valence-electron chi connectivity index (χ2n) is 5.00. The number of hydrogen-bond donors (Lipinski definition) is 1. The Labute approximate surface area is 121 Å². The molecule has 2 aromatic rings. The topological polar surface area (TPSA) is 64.1 Å². The summed E-state index contributed by atoms with van der Waals surface area (Å²) in [6.07, 6.45) is 0.526. The van der Waals surface area contributed by atoms with Gasteiger partial charge in [-0.05, 0) is 49.2 Å². The summed E-state index contributed by atoms with van der Waals surface area (Å²) >= 11 is 0. The molecule has 21 heavy (non-hydrogen) atoms. The van der Waals surface area contributed by atoms with Crippen molar-refractivity contribution in [3.05, 3.63) is 53.1 Å². The number of amides is 1. The Balaban J connectivity index is 1.69. The molecule has 1 amide bonds. The molecular formula is C15H14FN3O2. The molecule has 1 atom stereocenters. The molecule has 0 bridgehead atoms. The maximum Gasteiger partial charge on any atom is 0.272 e. The summed E-state index contributed by atoms with van der Waals surface area (Å²) in [6, 6.07) is 7.53. The summed E-state index contributed by atoms with van der Waals surface area (Å²) in [5.74, 6) is 0.0432. The van der Waals surface area contributed by atoms with E-state index in [1.54, 1.807) is 25.1 Å². The molecule has 6 heteroatoms. The first-order chi connectivity index (χ1) is 10.1. The summed E-state index contributed by atoms with van der Waals surface area (Å²) in [6.45, 7) is 2.15. The van der Waals surface area contributed by atoms with E-state index in [1.807, 2.05) is 0 Å². The lowest BCUT2D eigenvalue weighted by Crippen LogP contribution is -2.43. The fourth-order valence-electron chi connectivity index (χ4n) is 2.24. The van der Waals surface area contributed by atoms with Crippen LogP contribution < -0.4 is 10.1 Å². The minimum absolute atomic E-state index is 0.213. The second-order valence-corrected chi connectivity index (χ2v) is 5.00. The van der Waals surface area contributed by atoms with Crippen LogP contribution in [0.3, 0.4) is 0 Å². The van der Waals surface area contributed by atoms with E-state index in [1.165, 1.54) is 12.1 Å². The lowest BCUT2D eigenvalue weighted by Gasteiger charge is -2.25. The zero-order chi connectivity index (χ0) is 14.8. The normalized spacial score (nSPS) is 16.8. The van der Waals surface area contributed by atoms with Crippen molar-refractivity contribution >= 4 is 5.91 Å². The number of carbonyl (C=O) groups excluding carboxylic acids is 1. The third-order valence-electron chi connectivity index (χ3n) is 3.29. The molecule has 2 heterocycles. The van der Waals surface area contributed by atoms with E-state index in [2.05, 4.69) is 15.5 Å². The quantitative estimate of drug-likeness (QED) is 0.912. The average molecular weight is 287 g/mol. The molecule has 1 aromatic carbocycles. The van der Waals surface area contributed by atoms with Gasteiger partial charge in [0.25, 0.3) is 5.91 Å². The molecule has 0 radical (unpaired) electrons. The van der Waals surface area contributed by atoms with Crippen LogP contribution in [0, 0.1) is 12.7 Å². The van der Waals surface area contributed by atoms with E-state index in [0.717, 1.165) is 11.3 Å². The van der Waals surface area contributed by atoms with Gasteiger partial charge in [0.15, 0.2) is 5.69 Å². The fourth-order valence-corrected chi connectivity index (χ4v) is 2.24. The van der Waals surface area contributed by atoms with Crippen LogP contribution in [0.25, 0.3) is 0 Å². The third kappa shape index (κ3) is 2.99. The summed E-state index contributed by atoms with van der Waals surface area (Å²) in [7, 11) is 0. The highest BCUT2D eigenvalue weighted by atomic mass is 19.1. The van der Waals surface area contributed by atoms with Crippen molar-refractivity contribution in [1.29, 1.82) is 0 Å². The van der Waals surface area contributed by atoms with Gasteiger partial charge in [0, 0.05) is 0 Å². The number of aryl methyl sites for hydroxylation is 1. The first kappa shape index (κ1) is 13.5. The van der Waals surface area contributed by atoms with Gasteiger partial charge in [-0.2, -0.15) is 5.10 Å². The molecule has 108 valence electrons. The van der Waals surface area contributed by atoms with Gasteiger partial charge in [-0.15, -0.1) is 5.10 Å². The highest BCUT2D eigenvalue weighted by Gasteiger charge is 2.22. The van der Waals surface area contributed by atoms with Crippen molar-refractivity contribution in [3.63, 3.8) is 0 Å². The van der Waals surface area contributed by atoms with Crippen molar-refractivity contribution < 1.29 is 13.9 Å². The fraction of sp³-hybridized carbons (Fsp3) is 0.267. The highest BCUT2D eigenvalue weighted by molar-refractivity contribution is 5.92. The molecule has 1 N–H and O–H groups in total. The van der Waals surface area contributed by atoms with Crippen LogP contribution in [0.2, 0.25) is 0 Å². The lowest BCUT2D eigenvalue weighted by molar-refractivity contribution is 0.0909. The SMILES string of the molecule is Cc1ccc(C(=O)N[C@@H]2COc3ccc(F)cc3C2)nn1. The lowest BCUT2D eigenvalue weighted by atomic mass is 10.0. The summed E-state index contributed by atoms with van der Waals surface area (Å²) in [4.78, 5) is 12.1. The Kier molecular flexibility index (Phi) is 3.51. The van der Waals surface area contributed by atoms with Gasteiger partial charge in [-0.1, -0.05) is 0 Å². The molecular weight excluding hydrogens is 273 g/mol. The number of halogens is 1. The van der Waals surface area contributed by atoms with Gasteiger partial charge in [-0.25, -0.2) is 4.39 Å². The van der Waals surface area contributed by atoms with E-state index in [-0.39, 0.29) is 23.5 Å². The van der Waals surface area contributed by atoms with Gasteiger partial charge in [0.05, 0.1) is 11.7 Å². The Morgan fingerprint density at radius 3 is 2.95 bits per heavy atom. The van der Waals surface area contributed by atoms with E-state index in [4.69, 9.17) is 4.74 Å². The maximum atomic E-state index is 13.2. The summed E-state index contributed by atoms with van der Waals surface area (Å²) < 4.78 is 18.8. The Bertz CT molecular complexity index is 673. The maximum absolute atomic E-state index is 13.2. The van der Waals surface area contributed by atoms with E-state index >= 15 is 0 Å². The first-order valence-corrected chi connectivity index (χ1v) is 6.64. The molecule has 1 aromatic heterocycles. The molecule has 1 aliphatic rings. The third-order valence-corrected chi connectivity index (χ3v) is 3.29. The van der Waals surface area contributed by atoms with Crippen molar-refractivity contribution in [2.75, 3.05) is 6.61 Å². The smallest absolute Gasteiger partial charge is 0.272 e. The van der Waals surface area contributed by atoms with Crippen LogP contribution in [0.4, 0.5) is 4.39 Å². The van der Waals surface area contributed by atoms with Gasteiger partial charge in [-0.3, -0.25) is 4.79 Å².